The second-order valence-corrected chi connectivity index (χ2v) is 8.13. The summed E-state index contributed by atoms with van der Waals surface area (Å²) in [4.78, 5) is 49.1. The Balaban J connectivity index is 1.72. The van der Waals surface area contributed by atoms with Gasteiger partial charge in [-0.3, -0.25) is 9.59 Å². The molecule has 2 heterocycles. The molecule has 3 rings (SSSR count). The van der Waals surface area contributed by atoms with Gasteiger partial charge in [0.15, 0.2) is 5.65 Å². The summed E-state index contributed by atoms with van der Waals surface area (Å²) in [5, 5.41) is 3.25. The number of pyridine rings is 1. The summed E-state index contributed by atoms with van der Waals surface area (Å²) >= 11 is 0. The summed E-state index contributed by atoms with van der Waals surface area (Å²) in [6.45, 7) is 5.69. The van der Waals surface area contributed by atoms with Gasteiger partial charge in [-0.2, -0.15) is 9.97 Å². The van der Waals surface area contributed by atoms with Crippen LogP contribution in [0.2, 0.25) is 0 Å². The second kappa shape index (κ2) is 12.4. The Morgan fingerprint density at radius 1 is 1.03 bits per heavy atom. The minimum absolute atomic E-state index is 0.0185. The zero-order valence-corrected chi connectivity index (χ0v) is 21.0. The molecule has 0 bridgehead atoms. The van der Waals surface area contributed by atoms with E-state index in [4.69, 9.17) is 20.9 Å². The maximum atomic E-state index is 12.8. The lowest BCUT2D eigenvalue weighted by Crippen LogP contribution is -2.42. The molecule has 5 N–H and O–H groups in total. The van der Waals surface area contributed by atoms with E-state index in [9.17, 15) is 14.4 Å². The molecule has 1 aromatic carbocycles. The van der Waals surface area contributed by atoms with E-state index in [2.05, 4.69) is 20.3 Å². The highest BCUT2D eigenvalue weighted by Gasteiger charge is 2.24. The zero-order chi connectivity index (χ0) is 26.9. The first-order chi connectivity index (χ1) is 17.7. The van der Waals surface area contributed by atoms with Gasteiger partial charge in [-0.05, 0) is 68.2 Å². The summed E-state index contributed by atoms with van der Waals surface area (Å²) in [5.41, 5.74) is 14.9. The van der Waals surface area contributed by atoms with E-state index >= 15 is 0 Å². The van der Waals surface area contributed by atoms with Crippen LogP contribution in [0, 0.1) is 0 Å². The number of nitrogens with one attached hydrogen (secondary N) is 1. The Kier molecular flexibility index (Phi) is 9.09. The predicted octanol–water partition coefficient (Wildman–Crippen LogP) is 2.75. The number of fused-ring (bicyclic) bond motifs is 1. The molecular weight excluding hydrogens is 476 g/mol. The molecule has 0 fully saturated rings. The van der Waals surface area contributed by atoms with Crippen molar-refractivity contribution in [3.8, 4) is 0 Å². The Bertz CT molecular complexity index is 1320. The SMILES string of the molecule is CCOC(=O)CC[C@H](NC(=O)c1ccc(C(C)=Cc2cnc3nc(N)nc(N)c3c2)cc1)C(=O)OCC. The van der Waals surface area contributed by atoms with Crippen molar-refractivity contribution in [2.75, 3.05) is 24.7 Å². The fraction of sp³-hybridized carbons (Fsp3) is 0.308. The van der Waals surface area contributed by atoms with Gasteiger partial charge in [-0.15, -0.1) is 0 Å². The van der Waals surface area contributed by atoms with Crippen molar-refractivity contribution in [1.82, 2.24) is 20.3 Å². The molecule has 0 spiro atoms. The molecule has 0 unspecified atom stereocenters. The Morgan fingerprint density at radius 3 is 2.38 bits per heavy atom. The minimum atomic E-state index is -0.967. The van der Waals surface area contributed by atoms with Gasteiger partial charge in [0.25, 0.3) is 5.91 Å². The van der Waals surface area contributed by atoms with Crippen molar-refractivity contribution < 1.29 is 23.9 Å². The number of esters is 2. The molecule has 0 radical (unpaired) electrons. The number of carbonyl (C=O) groups excluding carboxylic acids is 3. The van der Waals surface area contributed by atoms with E-state index < -0.39 is 23.9 Å². The number of hydrogen-bond acceptors (Lipinski definition) is 10. The molecule has 0 aliphatic rings. The first-order valence-corrected chi connectivity index (χ1v) is 11.8. The molecule has 1 atom stereocenters. The van der Waals surface area contributed by atoms with E-state index in [-0.39, 0.29) is 37.8 Å². The average Bonchev–Trinajstić information content (AvgIpc) is 2.87. The highest BCUT2D eigenvalue weighted by atomic mass is 16.5. The smallest absolute Gasteiger partial charge is 0.328 e. The lowest BCUT2D eigenvalue weighted by atomic mass is 10.0. The van der Waals surface area contributed by atoms with E-state index in [0.29, 0.717) is 16.6 Å². The molecule has 37 heavy (non-hydrogen) atoms. The van der Waals surface area contributed by atoms with Crippen LogP contribution in [0.15, 0.2) is 36.5 Å². The van der Waals surface area contributed by atoms with Gasteiger partial charge in [0.1, 0.15) is 11.9 Å². The predicted molar refractivity (Wildman–Crippen MR) is 140 cm³/mol. The minimum Gasteiger partial charge on any atom is -0.466 e. The number of hydrogen-bond donors (Lipinski definition) is 3. The third-order valence-electron chi connectivity index (χ3n) is 5.42. The van der Waals surface area contributed by atoms with Crippen molar-refractivity contribution >= 4 is 52.3 Å². The van der Waals surface area contributed by atoms with Crippen molar-refractivity contribution in [2.24, 2.45) is 0 Å². The third-order valence-corrected chi connectivity index (χ3v) is 5.42. The number of anilines is 2. The number of benzene rings is 1. The molecule has 0 aliphatic carbocycles. The van der Waals surface area contributed by atoms with E-state index in [1.807, 2.05) is 19.1 Å². The molecule has 0 aliphatic heterocycles. The lowest BCUT2D eigenvalue weighted by molar-refractivity contribution is -0.146. The third kappa shape index (κ3) is 7.23. The summed E-state index contributed by atoms with van der Waals surface area (Å²) in [6, 6.07) is 7.77. The number of amides is 1. The molecule has 2 aromatic heterocycles. The Hall–Kier alpha value is -4.54. The van der Waals surface area contributed by atoms with Gasteiger partial charge in [0, 0.05) is 18.2 Å². The van der Waals surface area contributed by atoms with Crippen LogP contribution in [0.5, 0.6) is 0 Å². The first-order valence-electron chi connectivity index (χ1n) is 11.8. The number of nitrogens with zero attached hydrogens (tertiary/aromatic N) is 3. The number of rotatable bonds is 10. The molecule has 0 saturated carbocycles. The summed E-state index contributed by atoms with van der Waals surface area (Å²) in [7, 11) is 0. The van der Waals surface area contributed by atoms with Crippen LogP contribution in [-0.4, -0.2) is 52.1 Å². The van der Waals surface area contributed by atoms with Gasteiger partial charge >= 0.3 is 11.9 Å². The Morgan fingerprint density at radius 2 is 1.70 bits per heavy atom. The first kappa shape index (κ1) is 27.1. The van der Waals surface area contributed by atoms with Gasteiger partial charge in [-0.1, -0.05) is 12.1 Å². The maximum Gasteiger partial charge on any atom is 0.328 e. The van der Waals surface area contributed by atoms with Crippen LogP contribution < -0.4 is 16.8 Å². The van der Waals surface area contributed by atoms with Crippen molar-refractivity contribution in [1.29, 1.82) is 0 Å². The number of nitrogen functional groups attached to an aromatic ring is 2. The lowest BCUT2D eigenvalue weighted by Gasteiger charge is -2.17. The summed E-state index contributed by atoms with van der Waals surface area (Å²) < 4.78 is 9.94. The molecule has 1 amide bonds. The van der Waals surface area contributed by atoms with Gasteiger partial charge in [0.2, 0.25) is 5.95 Å². The van der Waals surface area contributed by atoms with Gasteiger partial charge < -0.3 is 26.3 Å². The molecule has 11 heteroatoms. The average molecular weight is 507 g/mol. The summed E-state index contributed by atoms with van der Waals surface area (Å²) in [6.07, 6.45) is 3.63. The maximum absolute atomic E-state index is 12.8. The highest BCUT2D eigenvalue weighted by molar-refractivity contribution is 5.97. The van der Waals surface area contributed by atoms with E-state index in [0.717, 1.165) is 16.7 Å². The van der Waals surface area contributed by atoms with Crippen LogP contribution in [0.25, 0.3) is 22.7 Å². The number of aromatic nitrogens is 3. The molecule has 194 valence electrons. The van der Waals surface area contributed by atoms with E-state index in [1.165, 1.54) is 0 Å². The fourth-order valence-electron chi connectivity index (χ4n) is 3.59. The zero-order valence-electron chi connectivity index (χ0n) is 21.0. The quantitative estimate of drug-likeness (QED) is 0.347. The van der Waals surface area contributed by atoms with Crippen LogP contribution in [0.4, 0.5) is 11.8 Å². The monoisotopic (exact) mass is 506 g/mol. The topological polar surface area (TPSA) is 172 Å². The fourth-order valence-corrected chi connectivity index (χ4v) is 3.59. The number of carbonyl (C=O) groups is 3. The van der Waals surface area contributed by atoms with E-state index in [1.54, 1.807) is 44.3 Å². The van der Waals surface area contributed by atoms with Gasteiger partial charge in [-0.25, -0.2) is 9.78 Å². The van der Waals surface area contributed by atoms with Gasteiger partial charge in [0.05, 0.1) is 18.6 Å². The number of nitrogens with two attached hydrogens (primary N) is 2. The van der Waals surface area contributed by atoms with Crippen LogP contribution in [0.3, 0.4) is 0 Å². The van der Waals surface area contributed by atoms with Crippen molar-refractivity contribution in [3.63, 3.8) is 0 Å². The second-order valence-electron chi connectivity index (χ2n) is 8.13. The summed E-state index contributed by atoms with van der Waals surface area (Å²) in [5.74, 6) is -1.19. The van der Waals surface area contributed by atoms with Crippen molar-refractivity contribution in [2.45, 2.75) is 39.7 Å². The molecule has 3 aromatic rings. The Labute approximate surface area is 214 Å². The number of allylic oxidation sites excluding steroid dienone is 1. The largest absolute Gasteiger partial charge is 0.466 e. The number of ether oxygens (including phenoxy) is 2. The van der Waals surface area contributed by atoms with Crippen LogP contribution >= 0.6 is 0 Å². The molecule has 11 nitrogen and oxygen atoms in total. The molecule has 0 saturated heterocycles. The highest BCUT2D eigenvalue weighted by Crippen LogP contribution is 2.22. The van der Waals surface area contributed by atoms with Crippen LogP contribution in [-0.2, 0) is 19.1 Å². The van der Waals surface area contributed by atoms with Crippen LogP contribution in [0.1, 0.15) is 55.1 Å². The normalized spacial score (nSPS) is 12.1. The standard InChI is InChI=1S/C26H30N6O5/c1-4-36-21(33)11-10-20(25(35)37-5-2)30-24(34)18-8-6-17(7-9-18)15(3)12-16-13-19-22(27)31-26(28)32-23(19)29-14-16/h6-9,12-14,20H,4-5,10-11H2,1-3H3,(H,30,34)(H4,27,28,29,31,32)/t20-/m0/s1. The van der Waals surface area contributed by atoms with Crippen molar-refractivity contribution in [3.05, 3.63) is 53.2 Å². The molecular formula is C26H30N6O5.